The Morgan fingerprint density at radius 3 is 2.94 bits per heavy atom. The number of aromatic nitrogens is 1. The van der Waals surface area contributed by atoms with Crippen LogP contribution >= 0.6 is 22.7 Å². The molecule has 2 heterocycles. The number of thiazole rings is 1. The molecule has 1 unspecified atom stereocenters. The summed E-state index contributed by atoms with van der Waals surface area (Å²) < 4.78 is 1.18. The number of rotatable bonds is 3. The van der Waals surface area contributed by atoms with E-state index in [1.54, 1.807) is 22.7 Å². The van der Waals surface area contributed by atoms with Gasteiger partial charge in [-0.2, -0.15) is 0 Å². The highest BCUT2D eigenvalue weighted by Crippen LogP contribution is 2.30. The monoisotopic (exact) mass is 275 g/mol. The van der Waals surface area contributed by atoms with Crippen LogP contribution in [-0.4, -0.2) is 10.1 Å². The van der Waals surface area contributed by atoms with Gasteiger partial charge in [0.1, 0.15) is 0 Å². The number of hydrogen-bond donors (Lipinski definition) is 1. The van der Waals surface area contributed by atoms with Gasteiger partial charge < -0.3 is 5.11 Å². The Labute approximate surface area is 114 Å². The minimum Gasteiger partial charge on any atom is -0.388 e. The fourth-order valence-electron chi connectivity index (χ4n) is 2.09. The number of fused-ring (bicyclic) bond motifs is 1. The lowest BCUT2D eigenvalue weighted by atomic mass is 10.0. The van der Waals surface area contributed by atoms with Crippen molar-refractivity contribution >= 4 is 32.8 Å². The summed E-state index contributed by atoms with van der Waals surface area (Å²) in [7, 11) is 0. The lowest BCUT2D eigenvalue weighted by Gasteiger charge is -2.10. The van der Waals surface area contributed by atoms with Crippen molar-refractivity contribution < 1.29 is 5.11 Å². The summed E-state index contributed by atoms with van der Waals surface area (Å²) in [6.07, 6.45) is 0.107. The Balaban J connectivity index is 1.92. The van der Waals surface area contributed by atoms with Crippen LogP contribution in [0.3, 0.4) is 0 Å². The SMILES string of the molecule is Cc1nc(CC(O)c2cccc3ccsc23)cs1. The molecule has 3 rings (SSSR count). The van der Waals surface area contributed by atoms with Gasteiger partial charge in [-0.05, 0) is 29.3 Å². The van der Waals surface area contributed by atoms with Crippen molar-refractivity contribution in [3.63, 3.8) is 0 Å². The predicted octanol–water partition coefficient (Wildman–Crippen LogP) is 3.94. The zero-order chi connectivity index (χ0) is 12.5. The zero-order valence-corrected chi connectivity index (χ0v) is 11.6. The number of hydrogen-bond acceptors (Lipinski definition) is 4. The number of aliphatic hydroxyl groups excluding tert-OH is 1. The maximum absolute atomic E-state index is 10.4. The molecule has 0 saturated heterocycles. The molecule has 0 bridgehead atoms. The maximum Gasteiger partial charge on any atom is 0.0897 e. The van der Waals surface area contributed by atoms with Crippen LogP contribution in [0.5, 0.6) is 0 Å². The third-order valence-electron chi connectivity index (χ3n) is 2.94. The van der Waals surface area contributed by atoms with Crippen molar-refractivity contribution in [3.05, 3.63) is 51.3 Å². The summed E-state index contributed by atoms with van der Waals surface area (Å²) in [5, 5.41) is 16.7. The van der Waals surface area contributed by atoms with E-state index in [1.807, 2.05) is 24.4 Å². The number of aryl methyl sites for hydroxylation is 1. The topological polar surface area (TPSA) is 33.1 Å². The summed E-state index contributed by atoms with van der Waals surface area (Å²) in [5.41, 5.74) is 1.98. The van der Waals surface area contributed by atoms with E-state index < -0.39 is 6.10 Å². The van der Waals surface area contributed by atoms with Gasteiger partial charge in [0.2, 0.25) is 0 Å². The molecule has 4 heteroatoms. The van der Waals surface area contributed by atoms with Gasteiger partial charge in [0.15, 0.2) is 0 Å². The molecule has 0 radical (unpaired) electrons. The van der Waals surface area contributed by atoms with Crippen LogP contribution in [-0.2, 0) is 6.42 Å². The third kappa shape index (κ3) is 2.19. The molecule has 1 aromatic carbocycles. The van der Waals surface area contributed by atoms with Gasteiger partial charge in [0.25, 0.3) is 0 Å². The molecule has 1 atom stereocenters. The van der Waals surface area contributed by atoms with E-state index in [0.717, 1.165) is 16.3 Å². The second-order valence-corrected chi connectivity index (χ2v) is 6.24. The van der Waals surface area contributed by atoms with E-state index in [2.05, 4.69) is 22.5 Å². The first kappa shape index (κ1) is 11.8. The van der Waals surface area contributed by atoms with E-state index in [1.165, 1.54) is 10.1 Å². The van der Waals surface area contributed by atoms with Crippen molar-refractivity contribution in [1.82, 2.24) is 4.98 Å². The molecule has 0 saturated carbocycles. The molecule has 92 valence electrons. The second-order valence-electron chi connectivity index (χ2n) is 4.26. The van der Waals surface area contributed by atoms with Gasteiger partial charge in [-0.3, -0.25) is 0 Å². The maximum atomic E-state index is 10.4. The molecule has 0 aliphatic heterocycles. The summed E-state index contributed by atoms with van der Waals surface area (Å²) >= 11 is 3.31. The highest BCUT2D eigenvalue weighted by atomic mass is 32.1. The Hall–Kier alpha value is -1.23. The van der Waals surface area contributed by atoms with E-state index >= 15 is 0 Å². The number of thiophene rings is 1. The van der Waals surface area contributed by atoms with Crippen molar-refractivity contribution in [3.8, 4) is 0 Å². The molecular weight excluding hydrogens is 262 g/mol. The largest absolute Gasteiger partial charge is 0.388 e. The lowest BCUT2D eigenvalue weighted by molar-refractivity contribution is 0.179. The Bertz CT molecular complexity index is 671. The average molecular weight is 275 g/mol. The average Bonchev–Trinajstić information content (AvgIpc) is 2.97. The van der Waals surface area contributed by atoms with Crippen molar-refractivity contribution in [2.45, 2.75) is 19.4 Å². The van der Waals surface area contributed by atoms with Gasteiger partial charge >= 0.3 is 0 Å². The van der Waals surface area contributed by atoms with E-state index in [0.29, 0.717) is 6.42 Å². The van der Waals surface area contributed by atoms with Crippen LogP contribution in [0.15, 0.2) is 35.0 Å². The number of nitrogens with zero attached hydrogens (tertiary/aromatic N) is 1. The van der Waals surface area contributed by atoms with Crippen LogP contribution < -0.4 is 0 Å². The quantitative estimate of drug-likeness (QED) is 0.785. The van der Waals surface area contributed by atoms with Crippen molar-refractivity contribution in [2.24, 2.45) is 0 Å². The fourth-order valence-corrected chi connectivity index (χ4v) is 3.68. The molecule has 1 N–H and O–H groups in total. The van der Waals surface area contributed by atoms with Gasteiger partial charge in [0.05, 0.1) is 16.8 Å². The molecule has 2 nitrogen and oxygen atoms in total. The standard InChI is InChI=1S/C14H13NOS2/c1-9-15-11(8-18-9)7-13(16)12-4-2-3-10-5-6-17-14(10)12/h2-6,8,13,16H,7H2,1H3. The molecule has 0 fully saturated rings. The van der Waals surface area contributed by atoms with Crippen molar-refractivity contribution in [2.75, 3.05) is 0 Å². The number of benzene rings is 1. The zero-order valence-electron chi connectivity index (χ0n) is 9.96. The normalized spacial score (nSPS) is 13.0. The summed E-state index contributed by atoms with van der Waals surface area (Å²) in [4.78, 5) is 4.41. The Morgan fingerprint density at radius 1 is 1.28 bits per heavy atom. The van der Waals surface area contributed by atoms with Gasteiger partial charge in [-0.25, -0.2) is 4.98 Å². The summed E-state index contributed by atoms with van der Waals surface area (Å²) in [6.45, 7) is 1.99. The first-order valence-corrected chi connectivity index (χ1v) is 7.55. The van der Waals surface area contributed by atoms with Gasteiger partial charge in [-0.15, -0.1) is 22.7 Å². The predicted molar refractivity (Wildman–Crippen MR) is 77.3 cm³/mol. The van der Waals surface area contributed by atoms with Crippen LogP contribution in [0, 0.1) is 6.92 Å². The molecule has 2 aromatic heterocycles. The minimum atomic E-state index is -0.478. The van der Waals surface area contributed by atoms with Crippen LogP contribution in [0.2, 0.25) is 0 Å². The molecule has 0 amide bonds. The van der Waals surface area contributed by atoms with E-state index in [-0.39, 0.29) is 0 Å². The Kier molecular flexibility index (Phi) is 3.16. The molecule has 3 aromatic rings. The second kappa shape index (κ2) is 4.80. The highest BCUT2D eigenvalue weighted by molar-refractivity contribution is 7.17. The summed E-state index contributed by atoms with van der Waals surface area (Å²) in [5.74, 6) is 0. The third-order valence-corrected chi connectivity index (χ3v) is 4.74. The van der Waals surface area contributed by atoms with Crippen LogP contribution in [0.1, 0.15) is 22.4 Å². The molecule has 18 heavy (non-hydrogen) atoms. The molecule has 0 spiro atoms. The van der Waals surface area contributed by atoms with Gasteiger partial charge in [-0.1, -0.05) is 18.2 Å². The number of aliphatic hydroxyl groups is 1. The van der Waals surface area contributed by atoms with Crippen LogP contribution in [0.25, 0.3) is 10.1 Å². The minimum absolute atomic E-state index is 0.478. The van der Waals surface area contributed by atoms with Crippen molar-refractivity contribution in [1.29, 1.82) is 0 Å². The molecule has 0 aliphatic rings. The molecular formula is C14H13NOS2. The highest BCUT2D eigenvalue weighted by Gasteiger charge is 2.14. The fraction of sp³-hybridized carbons (Fsp3) is 0.214. The van der Waals surface area contributed by atoms with E-state index in [4.69, 9.17) is 0 Å². The first-order valence-electron chi connectivity index (χ1n) is 5.79. The first-order chi connectivity index (χ1) is 8.74. The molecule has 0 aliphatic carbocycles. The summed E-state index contributed by atoms with van der Waals surface area (Å²) in [6, 6.07) is 8.17. The van der Waals surface area contributed by atoms with Gasteiger partial charge in [0, 0.05) is 16.5 Å². The van der Waals surface area contributed by atoms with Crippen LogP contribution in [0.4, 0.5) is 0 Å². The smallest absolute Gasteiger partial charge is 0.0897 e. The van der Waals surface area contributed by atoms with E-state index in [9.17, 15) is 5.11 Å². The Morgan fingerprint density at radius 2 is 2.17 bits per heavy atom. The lowest BCUT2D eigenvalue weighted by Crippen LogP contribution is -2.02.